The van der Waals surface area contributed by atoms with Crippen molar-refractivity contribution in [2.24, 2.45) is 0 Å². The fourth-order valence-corrected chi connectivity index (χ4v) is 2.35. The number of hydrogen-bond donors (Lipinski definition) is 2. The van der Waals surface area contributed by atoms with Crippen molar-refractivity contribution in [3.8, 4) is 0 Å². The first kappa shape index (κ1) is 16.3. The molecule has 134 valence electrons. The zero-order chi connectivity index (χ0) is 18.8. The van der Waals surface area contributed by atoms with E-state index in [-0.39, 0.29) is 40.1 Å². The molecule has 4 rings (SSSR count). The average molecular weight is 367 g/mol. The third kappa shape index (κ3) is 3.33. The van der Waals surface area contributed by atoms with Gasteiger partial charge in [-0.1, -0.05) is 12.1 Å². The summed E-state index contributed by atoms with van der Waals surface area (Å²) >= 11 is 0. The number of benzene rings is 2. The summed E-state index contributed by atoms with van der Waals surface area (Å²) in [5.41, 5.74) is 0.890. The zero-order valence-corrected chi connectivity index (χ0v) is 13.5. The number of anilines is 4. The Morgan fingerprint density at radius 3 is 2.22 bits per heavy atom. The Labute approximate surface area is 150 Å². The van der Waals surface area contributed by atoms with Gasteiger partial charge in [0.25, 0.3) is 5.69 Å². The Morgan fingerprint density at radius 1 is 0.926 bits per heavy atom. The minimum atomic E-state index is -0.515. The number of nitrogens with zero attached hydrogens (tertiary/aromatic N) is 5. The topological polar surface area (TPSA) is 132 Å². The Hall–Kier alpha value is -4.15. The van der Waals surface area contributed by atoms with Crippen molar-refractivity contribution in [3.63, 3.8) is 0 Å². The van der Waals surface area contributed by atoms with E-state index >= 15 is 0 Å². The van der Waals surface area contributed by atoms with Crippen LogP contribution in [0.5, 0.6) is 0 Å². The van der Waals surface area contributed by atoms with Crippen molar-refractivity contribution in [1.82, 2.24) is 20.3 Å². The minimum absolute atomic E-state index is 0.126. The SMILES string of the molecule is O=[N+]([O-])c1ccccc1Nc1nc2nonc2nc1Nc1ccc(F)cc1. The summed E-state index contributed by atoms with van der Waals surface area (Å²) in [7, 11) is 0. The van der Waals surface area contributed by atoms with Crippen molar-refractivity contribution < 1.29 is 13.9 Å². The molecule has 2 N–H and O–H groups in total. The molecule has 0 aliphatic rings. The summed E-state index contributed by atoms with van der Waals surface area (Å²) in [6, 6.07) is 11.7. The normalized spacial score (nSPS) is 10.7. The Kier molecular flexibility index (Phi) is 4.01. The largest absolute Gasteiger partial charge is 0.337 e. The van der Waals surface area contributed by atoms with Gasteiger partial charge in [0.1, 0.15) is 11.5 Å². The molecule has 0 atom stereocenters. The number of aromatic nitrogens is 4. The first-order chi connectivity index (χ1) is 13.1. The molecule has 0 amide bonds. The fourth-order valence-electron chi connectivity index (χ4n) is 2.35. The zero-order valence-electron chi connectivity index (χ0n) is 13.5. The van der Waals surface area contributed by atoms with Gasteiger partial charge in [0, 0.05) is 11.8 Å². The van der Waals surface area contributed by atoms with Gasteiger partial charge in [-0.05, 0) is 40.6 Å². The van der Waals surface area contributed by atoms with Crippen molar-refractivity contribution in [3.05, 3.63) is 64.5 Å². The molecule has 11 heteroatoms. The molecule has 0 unspecified atom stereocenters. The second kappa shape index (κ2) is 6.63. The second-order valence-corrected chi connectivity index (χ2v) is 5.36. The van der Waals surface area contributed by atoms with E-state index in [0.29, 0.717) is 5.69 Å². The number of nitro benzene ring substituents is 1. The van der Waals surface area contributed by atoms with Crippen molar-refractivity contribution in [2.45, 2.75) is 0 Å². The lowest BCUT2D eigenvalue weighted by molar-refractivity contribution is -0.383. The van der Waals surface area contributed by atoms with Gasteiger partial charge in [0.15, 0.2) is 11.6 Å². The van der Waals surface area contributed by atoms with E-state index in [9.17, 15) is 14.5 Å². The summed E-state index contributed by atoms with van der Waals surface area (Å²) in [5.74, 6) is -0.0131. The number of nitro groups is 1. The number of nitrogens with one attached hydrogen (secondary N) is 2. The summed E-state index contributed by atoms with van der Waals surface area (Å²) in [6.07, 6.45) is 0. The number of halogens is 1. The standard InChI is InChI=1S/C16H10FN7O3/c17-9-5-7-10(8-6-9)18-13-14(21-16-15(20-13)22-27-23-16)19-11-3-1-2-4-12(11)24(25)26/h1-8H,(H,18,20,22)(H,19,21,23). The molecule has 0 bridgehead atoms. The van der Waals surface area contributed by atoms with Gasteiger partial charge in [0.05, 0.1) is 4.92 Å². The highest BCUT2D eigenvalue weighted by Crippen LogP contribution is 2.31. The summed E-state index contributed by atoms with van der Waals surface area (Å²) < 4.78 is 17.7. The molecular formula is C16H10FN7O3. The minimum Gasteiger partial charge on any atom is -0.337 e. The predicted octanol–water partition coefficient (Wildman–Crippen LogP) is 3.55. The molecule has 2 heterocycles. The first-order valence-electron chi connectivity index (χ1n) is 7.63. The molecule has 0 fully saturated rings. The van der Waals surface area contributed by atoms with Crippen LogP contribution in [0.4, 0.5) is 33.1 Å². The van der Waals surface area contributed by atoms with Crippen molar-refractivity contribution >= 4 is 40.0 Å². The van der Waals surface area contributed by atoms with Crippen LogP contribution < -0.4 is 10.6 Å². The Balaban J connectivity index is 1.77. The molecule has 10 nitrogen and oxygen atoms in total. The molecule has 2 aromatic carbocycles. The van der Waals surface area contributed by atoms with E-state index in [2.05, 4.69) is 35.5 Å². The maximum Gasteiger partial charge on any atom is 0.292 e. The van der Waals surface area contributed by atoms with Gasteiger partial charge in [-0.25, -0.2) is 19.0 Å². The molecule has 0 aliphatic heterocycles. The summed E-state index contributed by atoms with van der Waals surface area (Å²) in [4.78, 5) is 19.2. The maximum absolute atomic E-state index is 13.1. The van der Waals surface area contributed by atoms with Crippen LogP contribution in [0.15, 0.2) is 53.2 Å². The van der Waals surface area contributed by atoms with E-state index in [4.69, 9.17) is 0 Å². The molecule has 2 aromatic heterocycles. The average Bonchev–Trinajstić information content (AvgIpc) is 3.11. The number of para-hydroxylation sites is 2. The van der Waals surface area contributed by atoms with Crippen molar-refractivity contribution in [1.29, 1.82) is 0 Å². The van der Waals surface area contributed by atoms with Crippen LogP contribution in [0, 0.1) is 15.9 Å². The summed E-state index contributed by atoms with van der Waals surface area (Å²) in [5, 5.41) is 24.3. The van der Waals surface area contributed by atoms with Crippen LogP contribution in [0.1, 0.15) is 0 Å². The fraction of sp³-hybridized carbons (Fsp3) is 0. The molecule has 0 saturated heterocycles. The van der Waals surface area contributed by atoms with Gasteiger partial charge in [-0.15, -0.1) is 0 Å². The molecule has 0 aliphatic carbocycles. The monoisotopic (exact) mass is 367 g/mol. The van der Waals surface area contributed by atoms with Crippen LogP contribution in [-0.2, 0) is 0 Å². The van der Waals surface area contributed by atoms with Gasteiger partial charge < -0.3 is 10.6 Å². The molecule has 0 radical (unpaired) electrons. The maximum atomic E-state index is 13.1. The first-order valence-corrected chi connectivity index (χ1v) is 7.63. The van der Waals surface area contributed by atoms with Crippen molar-refractivity contribution in [2.75, 3.05) is 10.6 Å². The molecule has 4 aromatic rings. The molecule has 27 heavy (non-hydrogen) atoms. The predicted molar refractivity (Wildman–Crippen MR) is 93.5 cm³/mol. The quantitative estimate of drug-likeness (QED) is 0.401. The number of fused-ring (bicyclic) bond motifs is 1. The van der Waals surface area contributed by atoms with Crippen LogP contribution in [0.2, 0.25) is 0 Å². The van der Waals surface area contributed by atoms with E-state index in [1.165, 1.54) is 36.4 Å². The smallest absolute Gasteiger partial charge is 0.292 e. The highest BCUT2D eigenvalue weighted by Gasteiger charge is 2.18. The van der Waals surface area contributed by atoms with Crippen LogP contribution >= 0.6 is 0 Å². The molecule has 0 spiro atoms. The third-order valence-electron chi connectivity index (χ3n) is 3.58. The van der Waals surface area contributed by atoms with Crippen LogP contribution in [0.3, 0.4) is 0 Å². The number of rotatable bonds is 5. The lowest BCUT2D eigenvalue weighted by Gasteiger charge is -2.12. The van der Waals surface area contributed by atoms with E-state index in [0.717, 1.165) is 0 Å². The van der Waals surface area contributed by atoms with Gasteiger partial charge in [0.2, 0.25) is 11.3 Å². The van der Waals surface area contributed by atoms with Gasteiger partial charge >= 0.3 is 0 Å². The van der Waals surface area contributed by atoms with E-state index in [1.54, 1.807) is 12.1 Å². The summed E-state index contributed by atoms with van der Waals surface area (Å²) in [6.45, 7) is 0. The second-order valence-electron chi connectivity index (χ2n) is 5.36. The molecule has 0 saturated carbocycles. The third-order valence-corrected chi connectivity index (χ3v) is 3.58. The van der Waals surface area contributed by atoms with Crippen LogP contribution in [0.25, 0.3) is 11.3 Å². The van der Waals surface area contributed by atoms with E-state index in [1.807, 2.05) is 0 Å². The highest BCUT2D eigenvalue weighted by atomic mass is 19.1. The lowest BCUT2D eigenvalue weighted by Crippen LogP contribution is -2.04. The van der Waals surface area contributed by atoms with Gasteiger partial charge in [-0.3, -0.25) is 10.1 Å². The number of hydrogen-bond acceptors (Lipinski definition) is 9. The Morgan fingerprint density at radius 2 is 1.56 bits per heavy atom. The van der Waals surface area contributed by atoms with Crippen LogP contribution in [-0.4, -0.2) is 25.2 Å². The molecular weight excluding hydrogens is 357 g/mol. The Bertz CT molecular complexity index is 1130. The van der Waals surface area contributed by atoms with Gasteiger partial charge in [-0.2, -0.15) is 0 Å². The van der Waals surface area contributed by atoms with E-state index < -0.39 is 4.92 Å². The lowest BCUT2D eigenvalue weighted by atomic mass is 10.2. The highest BCUT2D eigenvalue weighted by molar-refractivity contribution is 5.80.